The molecule has 0 fully saturated rings. The van der Waals surface area contributed by atoms with Crippen LogP contribution in [0.3, 0.4) is 0 Å². The SMILES string of the molecule is Cc1ccc2[nH]cc(CCNC(=O)c3c(F)cccc3F)c2c1. The fraction of sp³-hybridized carbons (Fsp3) is 0.167. The third-order valence-electron chi connectivity index (χ3n) is 3.79. The molecule has 0 aliphatic carbocycles. The third-order valence-corrected chi connectivity index (χ3v) is 3.79. The third kappa shape index (κ3) is 3.08. The minimum Gasteiger partial charge on any atom is -0.361 e. The molecule has 0 radical (unpaired) electrons. The fourth-order valence-electron chi connectivity index (χ4n) is 2.61. The summed E-state index contributed by atoms with van der Waals surface area (Å²) in [5.74, 6) is -2.45. The molecule has 0 saturated heterocycles. The Hall–Kier alpha value is -2.69. The van der Waals surface area contributed by atoms with Crippen molar-refractivity contribution in [1.29, 1.82) is 0 Å². The van der Waals surface area contributed by atoms with Crippen LogP contribution in [-0.2, 0) is 6.42 Å². The molecule has 23 heavy (non-hydrogen) atoms. The Kier molecular flexibility index (Phi) is 4.10. The standard InChI is InChI=1S/C18H16F2N2O/c1-11-5-6-16-13(9-11)12(10-22-16)7-8-21-18(23)17-14(19)3-2-4-15(17)20/h2-6,9-10,22H,7-8H2,1H3,(H,21,23). The highest BCUT2D eigenvalue weighted by molar-refractivity contribution is 5.94. The Morgan fingerprint density at radius 3 is 2.65 bits per heavy atom. The molecule has 0 spiro atoms. The molecule has 2 N–H and O–H groups in total. The van der Waals surface area contributed by atoms with Crippen molar-refractivity contribution in [2.45, 2.75) is 13.3 Å². The lowest BCUT2D eigenvalue weighted by molar-refractivity contribution is 0.0945. The molecule has 1 aromatic heterocycles. The van der Waals surface area contributed by atoms with Gasteiger partial charge in [-0.25, -0.2) is 8.78 Å². The average molecular weight is 314 g/mol. The zero-order chi connectivity index (χ0) is 16.4. The maximum absolute atomic E-state index is 13.5. The summed E-state index contributed by atoms with van der Waals surface area (Å²) in [6, 6.07) is 9.46. The molecule has 118 valence electrons. The van der Waals surface area contributed by atoms with E-state index >= 15 is 0 Å². The minimum absolute atomic E-state index is 0.299. The largest absolute Gasteiger partial charge is 0.361 e. The number of aromatic nitrogens is 1. The number of halogens is 2. The summed E-state index contributed by atoms with van der Waals surface area (Å²) in [6.07, 6.45) is 2.46. The van der Waals surface area contributed by atoms with Gasteiger partial charge in [0.25, 0.3) is 5.91 Å². The maximum atomic E-state index is 13.5. The van der Waals surface area contributed by atoms with Gasteiger partial charge in [0.05, 0.1) is 0 Å². The van der Waals surface area contributed by atoms with Gasteiger partial charge in [-0.1, -0.05) is 17.7 Å². The number of rotatable bonds is 4. The van der Waals surface area contributed by atoms with E-state index in [0.717, 1.165) is 34.2 Å². The van der Waals surface area contributed by atoms with Gasteiger partial charge in [0.15, 0.2) is 0 Å². The van der Waals surface area contributed by atoms with Gasteiger partial charge in [-0.2, -0.15) is 0 Å². The number of nitrogens with one attached hydrogen (secondary N) is 2. The molecule has 0 unspecified atom stereocenters. The number of hydrogen-bond donors (Lipinski definition) is 2. The van der Waals surface area contributed by atoms with Crippen molar-refractivity contribution in [2.24, 2.45) is 0 Å². The normalized spacial score (nSPS) is 10.9. The first-order chi connectivity index (χ1) is 11.1. The van der Waals surface area contributed by atoms with Crippen LogP contribution in [0.25, 0.3) is 10.9 Å². The number of hydrogen-bond acceptors (Lipinski definition) is 1. The van der Waals surface area contributed by atoms with E-state index in [1.807, 2.05) is 25.3 Å². The maximum Gasteiger partial charge on any atom is 0.257 e. The second-order valence-electron chi connectivity index (χ2n) is 5.47. The van der Waals surface area contributed by atoms with Crippen LogP contribution in [0, 0.1) is 18.6 Å². The summed E-state index contributed by atoms with van der Waals surface area (Å²) in [5.41, 5.74) is 2.69. The number of amides is 1. The quantitative estimate of drug-likeness (QED) is 0.757. The molecule has 3 nitrogen and oxygen atoms in total. The number of aryl methyl sites for hydroxylation is 1. The lowest BCUT2D eigenvalue weighted by Crippen LogP contribution is -2.27. The molecule has 3 aromatic rings. The summed E-state index contributed by atoms with van der Waals surface area (Å²) >= 11 is 0. The highest BCUT2D eigenvalue weighted by Gasteiger charge is 2.16. The smallest absolute Gasteiger partial charge is 0.257 e. The van der Waals surface area contributed by atoms with Gasteiger partial charge in [0.1, 0.15) is 17.2 Å². The van der Waals surface area contributed by atoms with E-state index in [-0.39, 0.29) is 0 Å². The first-order valence-electron chi connectivity index (χ1n) is 7.35. The lowest BCUT2D eigenvalue weighted by atomic mass is 10.1. The molecule has 0 aliphatic rings. The van der Waals surface area contributed by atoms with E-state index in [1.165, 1.54) is 6.07 Å². The van der Waals surface area contributed by atoms with E-state index in [2.05, 4.69) is 16.4 Å². The predicted molar refractivity (Wildman–Crippen MR) is 85.4 cm³/mol. The van der Waals surface area contributed by atoms with Gasteiger partial charge >= 0.3 is 0 Å². The van der Waals surface area contributed by atoms with E-state index in [0.29, 0.717) is 13.0 Å². The zero-order valence-electron chi connectivity index (χ0n) is 12.6. The van der Waals surface area contributed by atoms with Gasteiger partial charge in [0.2, 0.25) is 0 Å². The zero-order valence-corrected chi connectivity index (χ0v) is 12.6. The van der Waals surface area contributed by atoms with Crippen molar-refractivity contribution < 1.29 is 13.6 Å². The monoisotopic (exact) mass is 314 g/mol. The van der Waals surface area contributed by atoms with Gasteiger partial charge in [0, 0.05) is 23.6 Å². The van der Waals surface area contributed by atoms with Crippen molar-refractivity contribution in [3.63, 3.8) is 0 Å². The van der Waals surface area contributed by atoms with Gasteiger partial charge in [-0.3, -0.25) is 4.79 Å². The molecule has 0 saturated carbocycles. The molecule has 1 heterocycles. The molecule has 1 amide bonds. The summed E-state index contributed by atoms with van der Waals surface area (Å²) in [7, 11) is 0. The lowest BCUT2D eigenvalue weighted by Gasteiger charge is -2.07. The summed E-state index contributed by atoms with van der Waals surface area (Å²) in [4.78, 5) is 15.1. The second-order valence-corrected chi connectivity index (χ2v) is 5.47. The van der Waals surface area contributed by atoms with Crippen LogP contribution in [0.5, 0.6) is 0 Å². The van der Waals surface area contributed by atoms with Crippen molar-refractivity contribution >= 4 is 16.8 Å². The number of aromatic amines is 1. The van der Waals surface area contributed by atoms with Crippen LogP contribution in [0.2, 0.25) is 0 Å². The van der Waals surface area contributed by atoms with Crippen LogP contribution in [0.15, 0.2) is 42.6 Å². The van der Waals surface area contributed by atoms with E-state index in [1.54, 1.807) is 0 Å². The van der Waals surface area contributed by atoms with Crippen molar-refractivity contribution in [1.82, 2.24) is 10.3 Å². The van der Waals surface area contributed by atoms with Crippen molar-refractivity contribution in [3.8, 4) is 0 Å². The van der Waals surface area contributed by atoms with Gasteiger partial charge < -0.3 is 10.3 Å². The van der Waals surface area contributed by atoms with E-state index in [4.69, 9.17) is 0 Å². The second kappa shape index (κ2) is 6.20. The highest BCUT2D eigenvalue weighted by Crippen LogP contribution is 2.20. The molecule has 2 aromatic carbocycles. The molecule has 3 rings (SSSR count). The van der Waals surface area contributed by atoms with Crippen LogP contribution in [0.1, 0.15) is 21.5 Å². The predicted octanol–water partition coefficient (Wildman–Crippen LogP) is 3.73. The number of H-pyrrole nitrogens is 1. The fourth-order valence-corrected chi connectivity index (χ4v) is 2.61. The first kappa shape index (κ1) is 15.2. The van der Waals surface area contributed by atoms with Gasteiger partial charge in [-0.05, 0) is 43.2 Å². The Morgan fingerprint density at radius 1 is 1.17 bits per heavy atom. The van der Waals surface area contributed by atoms with E-state index in [9.17, 15) is 13.6 Å². The average Bonchev–Trinajstić information content (AvgIpc) is 2.89. The number of carbonyl (C=O) groups is 1. The summed E-state index contributed by atoms with van der Waals surface area (Å²) in [5, 5.41) is 3.66. The van der Waals surface area contributed by atoms with E-state index < -0.39 is 23.1 Å². The molecule has 0 atom stereocenters. The summed E-state index contributed by atoms with van der Waals surface area (Å²) in [6.45, 7) is 2.31. The minimum atomic E-state index is -0.856. The summed E-state index contributed by atoms with van der Waals surface area (Å²) < 4.78 is 27.1. The van der Waals surface area contributed by atoms with Crippen LogP contribution in [-0.4, -0.2) is 17.4 Å². The number of benzene rings is 2. The Balaban J connectivity index is 1.69. The highest BCUT2D eigenvalue weighted by atomic mass is 19.1. The molecular formula is C18H16F2N2O. The van der Waals surface area contributed by atoms with Crippen LogP contribution >= 0.6 is 0 Å². The molecular weight excluding hydrogens is 298 g/mol. The van der Waals surface area contributed by atoms with Gasteiger partial charge in [-0.15, -0.1) is 0 Å². The topological polar surface area (TPSA) is 44.9 Å². The molecule has 0 bridgehead atoms. The number of fused-ring (bicyclic) bond motifs is 1. The van der Waals surface area contributed by atoms with Crippen molar-refractivity contribution in [3.05, 3.63) is 70.9 Å². The number of carbonyl (C=O) groups excluding carboxylic acids is 1. The Bertz CT molecular complexity index is 850. The first-order valence-corrected chi connectivity index (χ1v) is 7.35. The van der Waals surface area contributed by atoms with Crippen LogP contribution in [0.4, 0.5) is 8.78 Å². The Morgan fingerprint density at radius 2 is 1.91 bits per heavy atom. The Labute approximate surface area is 132 Å². The van der Waals surface area contributed by atoms with Crippen molar-refractivity contribution in [2.75, 3.05) is 6.54 Å². The van der Waals surface area contributed by atoms with Crippen LogP contribution < -0.4 is 5.32 Å². The molecule has 0 aliphatic heterocycles. The molecule has 5 heteroatoms.